The Bertz CT molecular complexity index is 1920. The van der Waals surface area contributed by atoms with Crippen LogP contribution in [0.25, 0.3) is 44.7 Å². The number of para-hydroxylation sites is 3. The van der Waals surface area contributed by atoms with E-state index in [2.05, 4.69) is 37.0 Å². The molecule has 0 spiro atoms. The normalized spacial score (nSPS) is 12.6. The summed E-state index contributed by atoms with van der Waals surface area (Å²) in [6.07, 6.45) is 2.24. The van der Waals surface area contributed by atoms with E-state index >= 15 is 0 Å². The Kier molecular flexibility index (Phi) is 6.42. The summed E-state index contributed by atoms with van der Waals surface area (Å²) in [6.45, 7) is 5.68. The van der Waals surface area contributed by atoms with E-state index in [1.807, 2.05) is 106 Å². The van der Waals surface area contributed by atoms with Crippen LogP contribution in [-0.4, -0.2) is 23.8 Å². The Hall–Kier alpha value is -3.86. The molecule has 7 aromatic rings. The van der Waals surface area contributed by atoms with Gasteiger partial charge in [-0.2, -0.15) is 18.2 Å². The molecule has 5 nitrogen and oxygen atoms in total. The van der Waals surface area contributed by atoms with Gasteiger partial charge in [-0.1, -0.05) is 45.0 Å². The molecule has 0 aliphatic heterocycles. The molecule has 1 radical (unpaired) electrons. The molecule has 0 saturated heterocycles. The van der Waals surface area contributed by atoms with Gasteiger partial charge < -0.3 is 4.98 Å². The van der Waals surface area contributed by atoms with Crippen molar-refractivity contribution in [1.82, 2.24) is 23.8 Å². The van der Waals surface area contributed by atoms with E-state index in [4.69, 9.17) is 7.73 Å². The van der Waals surface area contributed by atoms with Crippen LogP contribution in [0, 0.1) is 17.5 Å². The molecule has 0 amide bonds. The Morgan fingerprint density at radius 3 is 2.39 bits per heavy atom. The fraction of sp³-hybridized carbons (Fsp3) is 0.156. The first-order chi connectivity index (χ1) is 18.7. The number of aromatic nitrogens is 5. The van der Waals surface area contributed by atoms with E-state index in [1.54, 1.807) is 6.20 Å². The van der Waals surface area contributed by atoms with Crippen molar-refractivity contribution in [1.29, 1.82) is 0 Å². The first kappa shape index (κ1) is 23.3. The summed E-state index contributed by atoms with van der Waals surface area (Å²) >= 11 is 0. The minimum Gasteiger partial charge on any atom is -0.304 e. The van der Waals surface area contributed by atoms with Gasteiger partial charge in [-0.15, -0.1) is 42.0 Å². The Balaban J connectivity index is 0.000000158. The fourth-order valence-electron chi connectivity index (χ4n) is 4.38. The molecular formula is C32H27IrN5-2. The average Bonchev–Trinajstić information content (AvgIpc) is 3.51. The molecule has 0 N–H and O–H groups in total. The quantitative estimate of drug-likeness (QED) is 0.182. The molecule has 191 valence electrons. The molecule has 0 bridgehead atoms. The standard InChI is InChI=1S/C16H9N4.C16H18N.Ir/c1-3-7-13-11(5-1)18-16-19(13)10-9-15-17-12-6-2-4-8-14(12)20(15)16;1-16(2,3)11-13-9-10-15(17-12-13)14-7-5-4-6-8-14;/h1-7,9-10H;4-7,9-10,12H,11H2,1-3H3;/q2*-1;/i;11D2;. The molecule has 0 aliphatic rings. The van der Waals surface area contributed by atoms with Gasteiger partial charge in [0.25, 0.3) is 0 Å². The fourth-order valence-corrected chi connectivity index (χ4v) is 4.38. The minimum atomic E-state index is -1.40. The number of pyridine rings is 1. The number of hydrogen-bond donors (Lipinski definition) is 0. The predicted molar refractivity (Wildman–Crippen MR) is 149 cm³/mol. The molecule has 0 atom stereocenters. The maximum absolute atomic E-state index is 8.21. The van der Waals surface area contributed by atoms with Gasteiger partial charge in [0.2, 0.25) is 5.78 Å². The third kappa shape index (κ3) is 5.10. The van der Waals surface area contributed by atoms with Gasteiger partial charge in [0.05, 0.1) is 11.0 Å². The van der Waals surface area contributed by atoms with Crippen molar-refractivity contribution in [3.63, 3.8) is 0 Å². The number of imidazole rings is 2. The molecule has 0 fully saturated rings. The molecule has 0 saturated carbocycles. The van der Waals surface area contributed by atoms with Crippen LogP contribution >= 0.6 is 0 Å². The van der Waals surface area contributed by atoms with Crippen LogP contribution in [0.3, 0.4) is 0 Å². The first-order valence-electron chi connectivity index (χ1n) is 13.2. The van der Waals surface area contributed by atoms with Crippen molar-refractivity contribution >= 4 is 33.5 Å². The number of nitrogens with zero attached hydrogens (tertiary/aromatic N) is 5. The topological polar surface area (TPSA) is 47.5 Å². The molecule has 4 heterocycles. The van der Waals surface area contributed by atoms with Crippen molar-refractivity contribution in [2.24, 2.45) is 5.41 Å². The predicted octanol–water partition coefficient (Wildman–Crippen LogP) is 7.22. The van der Waals surface area contributed by atoms with Gasteiger partial charge in [-0.25, -0.2) is 4.98 Å². The number of rotatable bonds is 2. The largest absolute Gasteiger partial charge is 0.304 e. The molecule has 3 aromatic carbocycles. The third-order valence-corrected chi connectivity index (χ3v) is 5.92. The van der Waals surface area contributed by atoms with Crippen LogP contribution in [0.2, 0.25) is 0 Å². The van der Waals surface area contributed by atoms with E-state index in [0.717, 1.165) is 44.7 Å². The molecular weight excluding hydrogens is 647 g/mol. The smallest absolute Gasteiger partial charge is 0.219 e. The summed E-state index contributed by atoms with van der Waals surface area (Å²) < 4.78 is 20.6. The second-order valence-corrected chi connectivity index (χ2v) is 9.88. The number of hydrogen-bond acceptors (Lipinski definition) is 3. The maximum Gasteiger partial charge on any atom is 0.219 e. The van der Waals surface area contributed by atoms with Gasteiger partial charge in [0, 0.05) is 35.2 Å². The van der Waals surface area contributed by atoms with Crippen LogP contribution in [0.15, 0.2) is 97.3 Å². The zero-order chi connectivity index (χ0) is 27.2. The molecule has 4 aromatic heterocycles. The van der Waals surface area contributed by atoms with E-state index < -0.39 is 11.8 Å². The van der Waals surface area contributed by atoms with Gasteiger partial charge in [0.1, 0.15) is 5.65 Å². The van der Waals surface area contributed by atoms with Crippen LogP contribution in [-0.2, 0) is 26.5 Å². The zero-order valence-electron chi connectivity index (χ0n) is 23.3. The minimum absolute atomic E-state index is 0. The van der Waals surface area contributed by atoms with Crippen molar-refractivity contribution < 1.29 is 22.8 Å². The second-order valence-electron chi connectivity index (χ2n) is 9.88. The van der Waals surface area contributed by atoms with Crippen molar-refractivity contribution in [2.45, 2.75) is 27.1 Å². The third-order valence-electron chi connectivity index (χ3n) is 5.92. The van der Waals surface area contributed by atoms with E-state index in [-0.39, 0.29) is 20.1 Å². The number of benzene rings is 3. The molecule has 6 heteroatoms. The van der Waals surface area contributed by atoms with Crippen LogP contribution in [0.5, 0.6) is 0 Å². The first-order valence-corrected chi connectivity index (χ1v) is 12.2. The molecule has 7 rings (SSSR count). The average molecular weight is 676 g/mol. The summed E-state index contributed by atoms with van der Waals surface area (Å²) in [7, 11) is 0. The maximum atomic E-state index is 8.21. The second kappa shape index (κ2) is 10.5. The van der Waals surface area contributed by atoms with E-state index in [9.17, 15) is 0 Å². The van der Waals surface area contributed by atoms with Crippen molar-refractivity contribution in [3.8, 4) is 11.3 Å². The van der Waals surface area contributed by atoms with Crippen LogP contribution in [0.4, 0.5) is 0 Å². The van der Waals surface area contributed by atoms with Gasteiger partial charge >= 0.3 is 0 Å². The SMILES string of the molecule is [2H]C([2H])(c1ccc(-c2[c-]cccc2)nc1)C(C)(C)C.[Ir].[c-]1cccc2nc3ccn4c5ccccc5nc4n3c12. The molecule has 38 heavy (non-hydrogen) atoms. The van der Waals surface area contributed by atoms with E-state index in [1.165, 1.54) is 0 Å². The van der Waals surface area contributed by atoms with E-state index in [0.29, 0.717) is 5.56 Å². The zero-order valence-corrected chi connectivity index (χ0v) is 23.7. The number of fused-ring (bicyclic) bond motifs is 7. The van der Waals surface area contributed by atoms with Crippen molar-refractivity contribution in [2.75, 3.05) is 0 Å². The van der Waals surface area contributed by atoms with Crippen LogP contribution in [0.1, 0.15) is 29.1 Å². The van der Waals surface area contributed by atoms with Gasteiger partial charge in [-0.3, -0.25) is 13.8 Å². The monoisotopic (exact) mass is 676 g/mol. The summed E-state index contributed by atoms with van der Waals surface area (Å²) in [4.78, 5) is 13.7. The Labute approximate surface area is 238 Å². The molecule has 0 unspecified atom stereocenters. The van der Waals surface area contributed by atoms with Gasteiger partial charge in [-0.05, 0) is 52.3 Å². The van der Waals surface area contributed by atoms with Gasteiger partial charge in [0.15, 0.2) is 0 Å². The molecule has 0 aliphatic carbocycles. The summed E-state index contributed by atoms with van der Waals surface area (Å²) in [5, 5.41) is 0. The summed E-state index contributed by atoms with van der Waals surface area (Å²) in [6, 6.07) is 33.7. The Morgan fingerprint density at radius 1 is 0.842 bits per heavy atom. The Morgan fingerprint density at radius 2 is 1.63 bits per heavy atom. The summed E-state index contributed by atoms with van der Waals surface area (Å²) in [5.41, 5.74) is 6.76. The summed E-state index contributed by atoms with van der Waals surface area (Å²) in [5.74, 6) is 0.869. The van der Waals surface area contributed by atoms with Crippen LogP contribution < -0.4 is 0 Å². The van der Waals surface area contributed by atoms with Crippen molar-refractivity contribution in [3.05, 3.63) is 115 Å².